The van der Waals surface area contributed by atoms with Gasteiger partial charge in [-0.25, -0.2) is 0 Å². The fraction of sp³-hybridized carbons (Fsp3) is 0.438. The number of ketones is 1. The summed E-state index contributed by atoms with van der Waals surface area (Å²) in [6, 6.07) is 5.60. The summed E-state index contributed by atoms with van der Waals surface area (Å²) < 4.78 is 0. The Kier molecular flexibility index (Phi) is 3.16. The van der Waals surface area contributed by atoms with Gasteiger partial charge in [0.05, 0.1) is 17.1 Å². The van der Waals surface area contributed by atoms with Gasteiger partial charge in [0.1, 0.15) is 0 Å². The first-order valence-corrected chi connectivity index (χ1v) is 7.18. The van der Waals surface area contributed by atoms with E-state index in [9.17, 15) is 4.79 Å². The molecule has 1 heterocycles. The fourth-order valence-electron chi connectivity index (χ4n) is 2.83. The first kappa shape index (κ1) is 13.0. The number of carbonyl (C=O) groups is 1. The minimum Gasteiger partial charge on any atom is -0.312 e. The molecule has 0 saturated heterocycles. The van der Waals surface area contributed by atoms with Crippen molar-refractivity contribution in [3.63, 3.8) is 0 Å². The number of hydrogen-bond acceptors (Lipinski definition) is 3. The Morgan fingerprint density at radius 1 is 1.55 bits per heavy atom. The lowest BCUT2D eigenvalue weighted by Gasteiger charge is -2.26. The zero-order valence-corrected chi connectivity index (χ0v) is 11.6. The van der Waals surface area contributed by atoms with Crippen LogP contribution in [0, 0.1) is 16.7 Å². The topological polar surface area (TPSA) is 69.6 Å². The van der Waals surface area contributed by atoms with Crippen LogP contribution in [0.4, 0.5) is 0 Å². The molecular formula is C16H19N3O. The standard InChI is InChI=1S/C16H19N3O/c1-2-16(10-17,8-11-3-4-11)15(20)12-5-6-14-13(7-12)9-18-19-14/h5-7,9-11,17H,2-4,8H2,1H3,(H,18,19). The summed E-state index contributed by atoms with van der Waals surface area (Å²) >= 11 is 0. The van der Waals surface area contributed by atoms with Crippen LogP contribution in [-0.2, 0) is 0 Å². The number of aromatic amines is 1. The van der Waals surface area contributed by atoms with E-state index < -0.39 is 5.41 Å². The average Bonchev–Trinajstić information content (AvgIpc) is 3.17. The van der Waals surface area contributed by atoms with Crippen LogP contribution in [0.2, 0.25) is 0 Å². The maximum Gasteiger partial charge on any atom is 0.174 e. The molecule has 0 radical (unpaired) electrons. The van der Waals surface area contributed by atoms with Crippen LogP contribution < -0.4 is 0 Å². The minimum atomic E-state index is -0.626. The predicted octanol–water partition coefficient (Wildman–Crippen LogP) is 3.59. The second-order valence-corrected chi connectivity index (χ2v) is 5.80. The van der Waals surface area contributed by atoms with Crippen LogP contribution in [-0.4, -0.2) is 22.2 Å². The number of nitrogens with zero attached hydrogens (tertiary/aromatic N) is 1. The zero-order chi connectivity index (χ0) is 14.2. The molecule has 0 aliphatic heterocycles. The molecule has 1 atom stereocenters. The molecule has 1 aliphatic carbocycles. The lowest BCUT2D eigenvalue weighted by molar-refractivity contribution is 0.0855. The fourth-order valence-corrected chi connectivity index (χ4v) is 2.83. The molecule has 2 N–H and O–H groups in total. The van der Waals surface area contributed by atoms with Crippen molar-refractivity contribution >= 4 is 22.9 Å². The predicted molar refractivity (Wildman–Crippen MR) is 79.3 cm³/mol. The largest absolute Gasteiger partial charge is 0.312 e. The van der Waals surface area contributed by atoms with E-state index >= 15 is 0 Å². The zero-order valence-electron chi connectivity index (χ0n) is 11.6. The SMILES string of the molecule is CCC(C=N)(CC1CC1)C(=O)c1ccc2[nH]ncc2c1. The van der Waals surface area contributed by atoms with Crippen molar-refractivity contribution in [2.45, 2.75) is 32.6 Å². The van der Waals surface area contributed by atoms with E-state index in [1.165, 1.54) is 19.1 Å². The maximum absolute atomic E-state index is 12.9. The molecule has 1 aromatic heterocycles. The van der Waals surface area contributed by atoms with Crippen LogP contribution in [0.5, 0.6) is 0 Å². The van der Waals surface area contributed by atoms with Crippen LogP contribution in [0.1, 0.15) is 43.0 Å². The number of nitrogens with one attached hydrogen (secondary N) is 2. The molecule has 20 heavy (non-hydrogen) atoms. The summed E-state index contributed by atoms with van der Waals surface area (Å²) in [6.07, 6.45) is 7.00. The van der Waals surface area contributed by atoms with Gasteiger partial charge in [0.2, 0.25) is 0 Å². The molecule has 4 heteroatoms. The van der Waals surface area contributed by atoms with Crippen LogP contribution in [0.15, 0.2) is 24.4 Å². The van der Waals surface area contributed by atoms with Gasteiger partial charge in [-0.15, -0.1) is 0 Å². The van der Waals surface area contributed by atoms with Crippen LogP contribution in [0.3, 0.4) is 0 Å². The number of carbonyl (C=O) groups excluding carboxylic acids is 1. The monoisotopic (exact) mass is 269 g/mol. The minimum absolute atomic E-state index is 0.0741. The lowest BCUT2D eigenvalue weighted by Crippen LogP contribution is -2.32. The first-order chi connectivity index (χ1) is 9.68. The molecule has 1 saturated carbocycles. The number of aromatic nitrogens is 2. The Bertz CT molecular complexity index is 657. The highest BCUT2D eigenvalue weighted by Crippen LogP contribution is 2.43. The van der Waals surface area contributed by atoms with E-state index in [1.54, 1.807) is 6.20 Å². The maximum atomic E-state index is 12.9. The van der Waals surface area contributed by atoms with Gasteiger partial charge < -0.3 is 5.41 Å². The van der Waals surface area contributed by atoms with E-state index in [1.807, 2.05) is 25.1 Å². The Morgan fingerprint density at radius 2 is 2.35 bits per heavy atom. The number of hydrogen-bond donors (Lipinski definition) is 2. The summed E-state index contributed by atoms with van der Waals surface area (Å²) in [7, 11) is 0. The molecule has 1 unspecified atom stereocenters. The number of H-pyrrole nitrogens is 1. The highest BCUT2D eigenvalue weighted by molar-refractivity contribution is 6.10. The molecule has 1 fully saturated rings. The Labute approximate surface area is 118 Å². The van der Waals surface area contributed by atoms with E-state index in [4.69, 9.17) is 5.41 Å². The Hall–Kier alpha value is -1.97. The van der Waals surface area contributed by atoms with Gasteiger partial charge in [-0.1, -0.05) is 19.8 Å². The first-order valence-electron chi connectivity index (χ1n) is 7.18. The van der Waals surface area contributed by atoms with Gasteiger partial charge in [-0.2, -0.15) is 5.10 Å². The van der Waals surface area contributed by atoms with Crippen molar-refractivity contribution in [2.24, 2.45) is 11.3 Å². The number of benzene rings is 1. The molecule has 104 valence electrons. The van der Waals surface area contributed by atoms with Crippen LogP contribution >= 0.6 is 0 Å². The number of rotatable bonds is 6. The van der Waals surface area contributed by atoms with Gasteiger partial charge in [0, 0.05) is 17.2 Å². The molecule has 4 nitrogen and oxygen atoms in total. The smallest absolute Gasteiger partial charge is 0.174 e. The lowest BCUT2D eigenvalue weighted by atomic mass is 9.75. The van der Waals surface area contributed by atoms with Gasteiger partial charge in [0.25, 0.3) is 0 Å². The summed E-state index contributed by atoms with van der Waals surface area (Å²) in [4.78, 5) is 12.9. The third kappa shape index (κ3) is 2.15. The molecule has 0 bridgehead atoms. The normalized spacial score (nSPS) is 17.9. The molecule has 2 aromatic rings. The number of Topliss-reactive ketones (excluding diaryl/α,β-unsaturated/α-hetero) is 1. The summed E-state index contributed by atoms with van der Waals surface area (Å²) in [5.74, 6) is 0.697. The third-order valence-electron chi connectivity index (χ3n) is 4.41. The third-order valence-corrected chi connectivity index (χ3v) is 4.41. The van der Waals surface area contributed by atoms with Crippen molar-refractivity contribution in [3.8, 4) is 0 Å². The van der Waals surface area contributed by atoms with Gasteiger partial charge in [-0.05, 0) is 37.0 Å². The highest BCUT2D eigenvalue weighted by Gasteiger charge is 2.40. The van der Waals surface area contributed by atoms with Gasteiger partial charge >= 0.3 is 0 Å². The van der Waals surface area contributed by atoms with E-state index in [-0.39, 0.29) is 5.78 Å². The molecule has 0 spiro atoms. The van der Waals surface area contributed by atoms with E-state index in [0.717, 1.165) is 17.3 Å². The van der Waals surface area contributed by atoms with Crippen LogP contribution in [0.25, 0.3) is 10.9 Å². The van der Waals surface area contributed by atoms with Crippen molar-refractivity contribution in [2.75, 3.05) is 0 Å². The molecular weight excluding hydrogens is 250 g/mol. The van der Waals surface area contributed by atoms with Gasteiger partial charge in [0.15, 0.2) is 5.78 Å². The highest BCUT2D eigenvalue weighted by atomic mass is 16.1. The molecule has 1 aromatic carbocycles. The van der Waals surface area contributed by atoms with E-state index in [2.05, 4.69) is 10.2 Å². The Morgan fingerprint density at radius 3 is 3.00 bits per heavy atom. The summed E-state index contributed by atoms with van der Waals surface area (Å²) in [5.41, 5.74) is 0.990. The molecule has 3 rings (SSSR count). The van der Waals surface area contributed by atoms with Gasteiger partial charge in [-0.3, -0.25) is 9.89 Å². The van der Waals surface area contributed by atoms with Crippen molar-refractivity contribution in [1.82, 2.24) is 10.2 Å². The molecule has 0 amide bonds. The average molecular weight is 269 g/mol. The van der Waals surface area contributed by atoms with Crippen molar-refractivity contribution in [1.29, 1.82) is 5.41 Å². The quantitative estimate of drug-likeness (QED) is 0.621. The Balaban J connectivity index is 1.96. The van der Waals surface area contributed by atoms with Crippen molar-refractivity contribution in [3.05, 3.63) is 30.0 Å². The van der Waals surface area contributed by atoms with Crippen molar-refractivity contribution < 1.29 is 4.79 Å². The second-order valence-electron chi connectivity index (χ2n) is 5.80. The molecule has 1 aliphatic rings. The second kappa shape index (κ2) is 4.85. The summed E-state index contributed by atoms with van der Waals surface area (Å²) in [5, 5.41) is 15.6. The number of fused-ring (bicyclic) bond motifs is 1. The summed E-state index contributed by atoms with van der Waals surface area (Å²) in [6.45, 7) is 2.00. The van der Waals surface area contributed by atoms with E-state index in [0.29, 0.717) is 17.9 Å².